The first-order chi connectivity index (χ1) is 7.63. The van der Waals surface area contributed by atoms with Crippen LogP contribution in [0.5, 0.6) is 5.75 Å². The van der Waals surface area contributed by atoms with Crippen LogP contribution in [0.3, 0.4) is 0 Å². The molecule has 0 aliphatic heterocycles. The third-order valence-corrected chi connectivity index (χ3v) is 2.09. The van der Waals surface area contributed by atoms with E-state index < -0.39 is 0 Å². The Kier molecular flexibility index (Phi) is 4.32. The van der Waals surface area contributed by atoms with Crippen LogP contribution in [0.4, 0.5) is 0 Å². The van der Waals surface area contributed by atoms with Crippen LogP contribution in [0.15, 0.2) is 29.3 Å². The molecule has 0 atom stereocenters. The number of nitrogens with zero attached hydrogens (tertiary/aromatic N) is 1. The molecule has 1 aromatic rings. The van der Waals surface area contributed by atoms with Crippen LogP contribution >= 0.6 is 0 Å². The number of ether oxygens (including phenoxy) is 1. The van der Waals surface area contributed by atoms with Crippen LogP contribution in [-0.4, -0.2) is 25.3 Å². The van der Waals surface area contributed by atoms with Crippen molar-refractivity contribution in [2.45, 2.75) is 6.42 Å². The monoisotopic (exact) mass is 220 g/mol. The van der Waals surface area contributed by atoms with Crippen molar-refractivity contribution >= 4 is 11.7 Å². The fourth-order valence-corrected chi connectivity index (χ4v) is 1.23. The molecule has 0 aliphatic carbocycles. The van der Waals surface area contributed by atoms with Gasteiger partial charge in [0.25, 0.3) is 0 Å². The van der Waals surface area contributed by atoms with Gasteiger partial charge < -0.3 is 21.6 Å². The Bertz CT molecular complexity index is 379. The third kappa shape index (κ3) is 3.61. The quantitative estimate of drug-likeness (QED) is 0.504. The van der Waals surface area contributed by atoms with Crippen LogP contribution in [-0.2, 0) is 0 Å². The van der Waals surface area contributed by atoms with Crippen LogP contribution in [0.2, 0.25) is 0 Å². The van der Waals surface area contributed by atoms with Crippen LogP contribution in [0.25, 0.3) is 0 Å². The van der Waals surface area contributed by atoms with Gasteiger partial charge in [-0.25, -0.2) is 0 Å². The third-order valence-electron chi connectivity index (χ3n) is 2.09. The Morgan fingerprint density at radius 3 is 2.44 bits per heavy atom. The van der Waals surface area contributed by atoms with Gasteiger partial charge in [0.05, 0.1) is 7.11 Å². The number of hydrogen-bond acceptors (Lipinski definition) is 3. The average Bonchev–Trinajstić information content (AvgIpc) is 2.28. The summed E-state index contributed by atoms with van der Waals surface area (Å²) in [5.74, 6) is 0.836. The van der Waals surface area contributed by atoms with Crippen molar-refractivity contribution in [3.05, 3.63) is 29.8 Å². The molecule has 0 saturated heterocycles. The lowest BCUT2D eigenvalue weighted by atomic mass is 10.1. The molecule has 0 heterocycles. The molecule has 86 valence electrons. The van der Waals surface area contributed by atoms with Gasteiger partial charge in [-0.1, -0.05) is 0 Å². The normalized spacial score (nSPS) is 9.56. The van der Waals surface area contributed by atoms with Gasteiger partial charge in [-0.3, -0.25) is 4.99 Å². The Hall–Kier alpha value is -2.04. The number of nitrogens with two attached hydrogens (primary N) is 2. The Labute approximate surface area is 94.6 Å². The lowest BCUT2D eigenvalue weighted by Gasteiger charge is -2.04. The molecule has 5 nitrogen and oxygen atoms in total. The number of rotatable bonds is 5. The van der Waals surface area contributed by atoms with Gasteiger partial charge in [0, 0.05) is 18.7 Å². The molecule has 16 heavy (non-hydrogen) atoms. The summed E-state index contributed by atoms with van der Waals surface area (Å²) in [4.78, 5) is 3.83. The smallest absolute Gasteiger partial charge is 0.185 e. The summed E-state index contributed by atoms with van der Waals surface area (Å²) in [5.41, 5.74) is 11.8. The van der Waals surface area contributed by atoms with E-state index in [0.717, 1.165) is 11.3 Å². The van der Waals surface area contributed by atoms with Crippen molar-refractivity contribution in [3.8, 4) is 5.75 Å². The van der Waals surface area contributed by atoms with E-state index in [-0.39, 0.29) is 5.96 Å². The van der Waals surface area contributed by atoms with Gasteiger partial charge in [-0.05, 0) is 29.8 Å². The summed E-state index contributed by atoms with van der Waals surface area (Å²) in [5, 5.41) is 7.81. The van der Waals surface area contributed by atoms with E-state index in [2.05, 4.69) is 4.99 Å². The molecule has 0 spiro atoms. The summed E-state index contributed by atoms with van der Waals surface area (Å²) >= 11 is 0. The molecular weight excluding hydrogens is 204 g/mol. The zero-order chi connectivity index (χ0) is 12.0. The number of nitrogens with one attached hydrogen (secondary N) is 1. The zero-order valence-electron chi connectivity index (χ0n) is 9.23. The highest BCUT2D eigenvalue weighted by Gasteiger charge is 2.01. The molecule has 1 rings (SSSR count). The fourth-order valence-electron chi connectivity index (χ4n) is 1.23. The predicted molar refractivity (Wildman–Crippen MR) is 65.1 cm³/mol. The highest BCUT2D eigenvalue weighted by Crippen LogP contribution is 2.12. The fraction of sp³-hybridized carbons (Fsp3) is 0.273. The van der Waals surface area contributed by atoms with Crippen LogP contribution < -0.4 is 16.2 Å². The highest BCUT2D eigenvalue weighted by atomic mass is 16.5. The summed E-state index contributed by atoms with van der Waals surface area (Å²) in [7, 11) is 1.61. The Balaban J connectivity index is 2.56. The number of methoxy groups -OCH3 is 1. The van der Waals surface area contributed by atoms with E-state index in [0.29, 0.717) is 18.7 Å². The van der Waals surface area contributed by atoms with Crippen molar-refractivity contribution in [2.24, 2.45) is 16.5 Å². The molecule has 0 aromatic heterocycles. The molecule has 0 radical (unpaired) electrons. The molecule has 0 fully saturated rings. The minimum absolute atomic E-state index is 0.0579. The second-order valence-electron chi connectivity index (χ2n) is 3.26. The topological polar surface area (TPSA) is 97.5 Å². The van der Waals surface area contributed by atoms with E-state index in [1.54, 1.807) is 7.11 Å². The number of hydrogen-bond donors (Lipinski definition) is 3. The summed E-state index contributed by atoms with van der Waals surface area (Å²) in [6, 6.07) is 7.34. The van der Waals surface area contributed by atoms with Crippen molar-refractivity contribution in [2.75, 3.05) is 13.7 Å². The van der Waals surface area contributed by atoms with Gasteiger partial charge in [0.15, 0.2) is 5.96 Å². The number of guanidine groups is 1. The van der Waals surface area contributed by atoms with E-state index in [4.69, 9.17) is 21.6 Å². The highest BCUT2D eigenvalue weighted by molar-refractivity contribution is 5.98. The largest absolute Gasteiger partial charge is 0.497 e. The maximum atomic E-state index is 7.81. The molecule has 0 unspecified atom stereocenters. The Morgan fingerprint density at radius 2 is 1.94 bits per heavy atom. The maximum Gasteiger partial charge on any atom is 0.185 e. The zero-order valence-corrected chi connectivity index (χ0v) is 9.23. The molecule has 0 amide bonds. The molecule has 5 heteroatoms. The van der Waals surface area contributed by atoms with Crippen LogP contribution in [0.1, 0.15) is 12.0 Å². The van der Waals surface area contributed by atoms with E-state index >= 15 is 0 Å². The maximum absolute atomic E-state index is 7.81. The SMILES string of the molecule is COc1ccc(C(=N)CCN=C(N)N)cc1. The molecule has 1 aromatic carbocycles. The van der Waals surface area contributed by atoms with E-state index in [1.165, 1.54) is 0 Å². The summed E-state index contributed by atoms with van der Waals surface area (Å²) < 4.78 is 5.04. The first-order valence-corrected chi connectivity index (χ1v) is 4.90. The standard InChI is InChI=1S/C11H16N4O/c1-16-9-4-2-8(3-5-9)10(12)6-7-15-11(13)14/h2-5,12H,6-7H2,1H3,(H4,13,14,15). The lowest BCUT2D eigenvalue weighted by molar-refractivity contribution is 0.415. The van der Waals surface area contributed by atoms with Crippen molar-refractivity contribution in [1.29, 1.82) is 5.41 Å². The van der Waals surface area contributed by atoms with Crippen molar-refractivity contribution < 1.29 is 4.74 Å². The number of benzene rings is 1. The number of aliphatic imine (C=N–C) groups is 1. The van der Waals surface area contributed by atoms with Crippen molar-refractivity contribution in [1.82, 2.24) is 0 Å². The minimum atomic E-state index is 0.0579. The summed E-state index contributed by atoms with van der Waals surface area (Å²) in [6.07, 6.45) is 0.518. The minimum Gasteiger partial charge on any atom is -0.497 e. The second-order valence-corrected chi connectivity index (χ2v) is 3.26. The summed E-state index contributed by atoms with van der Waals surface area (Å²) in [6.45, 7) is 0.438. The molecule has 5 N–H and O–H groups in total. The molecule has 0 aliphatic rings. The average molecular weight is 220 g/mol. The predicted octanol–water partition coefficient (Wildman–Crippen LogP) is 0.727. The Morgan fingerprint density at radius 1 is 1.31 bits per heavy atom. The van der Waals surface area contributed by atoms with Crippen LogP contribution in [0, 0.1) is 5.41 Å². The molecule has 0 saturated carbocycles. The van der Waals surface area contributed by atoms with Gasteiger partial charge in [0.2, 0.25) is 0 Å². The van der Waals surface area contributed by atoms with Gasteiger partial charge in [-0.2, -0.15) is 0 Å². The molecule has 0 bridgehead atoms. The second kappa shape index (κ2) is 5.75. The van der Waals surface area contributed by atoms with Gasteiger partial charge in [-0.15, -0.1) is 0 Å². The van der Waals surface area contributed by atoms with Crippen molar-refractivity contribution in [3.63, 3.8) is 0 Å². The first-order valence-electron chi connectivity index (χ1n) is 4.90. The van der Waals surface area contributed by atoms with Gasteiger partial charge >= 0.3 is 0 Å². The van der Waals surface area contributed by atoms with Gasteiger partial charge in [0.1, 0.15) is 5.75 Å². The lowest BCUT2D eigenvalue weighted by Crippen LogP contribution is -2.23. The molecular formula is C11H16N4O. The van der Waals surface area contributed by atoms with E-state index in [9.17, 15) is 0 Å². The van der Waals surface area contributed by atoms with E-state index in [1.807, 2.05) is 24.3 Å². The first kappa shape index (κ1) is 12.0.